The molecule has 1 fully saturated rings. The molecule has 4 heteroatoms. The van der Waals surface area contributed by atoms with Crippen LogP contribution >= 0.6 is 11.6 Å². The Hall–Kier alpha value is -0.280. The largest absolute Gasteiger partial charge is 0.384 e. The van der Waals surface area contributed by atoms with E-state index >= 15 is 0 Å². The van der Waals surface area contributed by atoms with Gasteiger partial charge in [-0.3, -0.25) is 4.79 Å². The van der Waals surface area contributed by atoms with Crippen LogP contribution in [0.5, 0.6) is 0 Å². The maximum absolute atomic E-state index is 11.3. The van der Waals surface area contributed by atoms with E-state index in [1.807, 2.05) is 4.90 Å². The van der Waals surface area contributed by atoms with E-state index in [9.17, 15) is 4.79 Å². The zero-order valence-corrected chi connectivity index (χ0v) is 8.88. The molecule has 1 aliphatic heterocycles. The van der Waals surface area contributed by atoms with Gasteiger partial charge in [-0.25, -0.2) is 0 Å². The van der Waals surface area contributed by atoms with Crippen LogP contribution in [-0.2, 0) is 9.53 Å². The number of carbonyl (C=O) groups is 1. The molecule has 2 unspecified atom stereocenters. The zero-order valence-electron chi connectivity index (χ0n) is 8.12. The number of carbonyl (C=O) groups excluding carboxylic acids is 1. The van der Waals surface area contributed by atoms with E-state index in [-0.39, 0.29) is 11.8 Å². The molecule has 0 N–H and O–H groups in total. The van der Waals surface area contributed by atoms with Crippen LogP contribution in [0.1, 0.15) is 6.92 Å². The van der Waals surface area contributed by atoms with Gasteiger partial charge in [0.25, 0.3) is 0 Å². The third-order valence-corrected chi connectivity index (χ3v) is 2.84. The summed E-state index contributed by atoms with van der Waals surface area (Å²) in [6.45, 7) is 4.48. The van der Waals surface area contributed by atoms with E-state index in [2.05, 4.69) is 6.92 Å². The maximum atomic E-state index is 11.3. The Kier molecular flexibility index (Phi) is 4.00. The van der Waals surface area contributed by atoms with Crippen LogP contribution in [0.25, 0.3) is 0 Å². The lowest BCUT2D eigenvalue weighted by atomic mass is 10.00. The average molecular weight is 206 g/mol. The first-order chi connectivity index (χ1) is 6.19. The fourth-order valence-corrected chi connectivity index (χ4v) is 1.92. The SMILES string of the molecule is COCC1CN(C(=O)CCl)CC1C. The van der Waals surface area contributed by atoms with Crippen molar-refractivity contribution in [3.05, 3.63) is 0 Å². The van der Waals surface area contributed by atoms with Crippen molar-refractivity contribution >= 4 is 17.5 Å². The minimum Gasteiger partial charge on any atom is -0.384 e. The van der Waals surface area contributed by atoms with Crippen LogP contribution in [0, 0.1) is 11.8 Å². The normalized spacial score (nSPS) is 28.1. The molecule has 0 radical (unpaired) electrons. The van der Waals surface area contributed by atoms with Crippen LogP contribution in [0.4, 0.5) is 0 Å². The summed E-state index contributed by atoms with van der Waals surface area (Å²) in [6.07, 6.45) is 0. The number of hydrogen-bond donors (Lipinski definition) is 0. The third-order valence-electron chi connectivity index (χ3n) is 2.62. The van der Waals surface area contributed by atoms with Crippen molar-refractivity contribution in [1.82, 2.24) is 4.90 Å². The lowest BCUT2D eigenvalue weighted by molar-refractivity contribution is -0.127. The lowest BCUT2D eigenvalue weighted by Gasteiger charge is -2.14. The van der Waals surface area contributed by atoms with Crippen molar-refractivity contribution in [3.63, 3.8) is 0 Å². The molecule has 76 valence electrons. The smallest absolute Gasteiger partial charge is 0.237 e. The second kappa shape index (κ2) is 4.82. The molecule has 1 aliphatic rings. The van der Waals surface area contributed by atoms with Crippen LogP contribution in [0.2, 0.25) is 0 Å². The molecule has 3 nitrogen and oxygen atoms in total. The molecule has 0 aliphatic carbocycles. The first kappa shape index (κ1) is 10.8. The Bertz CT molecular complexity index is 186. The summed E-state index contributed by atoms with van der Waals surface area (Å²) in [7, 11) is 1.69. The molecule has 0 aromatic rings. The Morgan fingerprint density at radius 3 is 2.85 bits per heavy atom. The highest BCUT2D eigenvalue weighted by Crippen LogP contribution is 2.23. The molecule has 1 heterocycles. The van der Waals surface area contributed by atoms with Gasteiger partial charge in [0.15, 0.2) is 0 Å². The second-order valence-electron chi connectivity index (χ2n) is 3.63. The van der Waals surface area contributed by atoms with E-state index in [4.69, 9.17) is 16.3 Å². The molecule has 0 saturated carbocycles. The predicted molar refractivity (Wildman–Crippen MR) is 51.8 cm³/mol. The van der Waals surface area contributed by atoms with Gasteiger partial charge in [-0.1, -0.05) is 6.92 Å². The third kappa shape index (κ3) is 2.58. The van der Waals surface area contributed by atoms with E-state index < -0.39 is 0 Å². The molecule has 0 aromatic carbocycles. The Balaban J connectivity index is 2.44. The molecule has 13 heavy (non-hydrogen) atoms. The number of nitrogens with zero attached hydrogens (tertiary/aromatic N) is 1. The number of methoxy groups -OCH3 is 1. The standard InChI is InChI=1S/C9H16ClNO2/c1-7-4-11(9(12)3-10)5-8(7)6-13-2/h7-8H,3-6H2,1-2H3. The molecule has 1 saturated heterocycles. The van der Waals surface area contributed by atoms with Gasteiger partial charge in [0, 0.05) is 26.1 Å². The van der Waals surface area contributed by atoms with E-state index in [0.29, 0.717) is 11.8 Å². The first-order valence-corrected chi connectivity index (χ1v) is 5.05. The van der Waals surface area contributed by atoms with Gasteiger partial charge in [0.1, 0.15) is 5.88 Å². The minimum absolute atomic E-state index is 0.0344. The van der Waals surface area contributed by atoms with Crippen molar-refractivity contribution < 1.29 is 9.53 Å². The van der Waals surface area contributed by atoms with E-state index in [0.717, 1.165) is 19.7 Å². The molecule has 0 aromatic heterocycles. The minimum atomic E-state index is 0.0344. The lowest BCUT2D eigenvalue weighted by Crippen LogP contribution is -2.30. The first-order valence-electron chi connectivity index (χ1n) is 4.51. The number of halogens is 1. The van der Waals surface area contributed by atoms with Crippen LogP contribution < -0.4 is 0 Å². The van der Waals surface area contributed by atoms with Crippen molar-refractivity contribution in [2.75, 3.05) is 32.7 Å². The Morgan fingerprint density at radius 2 is 2.31 bits per heavy atom. The number of rotatable bonds is 3. The van der Waals surface area contributed by atoms with Crippen molar-refractivity contribution in [2.24, 2.45) is 11.8 Å². The van der Waals surface area contributed by atoms with Gasteiger partial charge in [-0.15, -0.1) is 11.6 Å². The molecule has 1 amide bonds. The van der Waals surface area contributed by atoms with Gasteiger partial charge >= 0.3 is 0 Å². The number of alkyl halides is 1. The summed E-state index contributed by atoms with van der Waals surface area (Å²) in [5, 5.41) is 0. The number of amides is 1. The second-order valence-corrected chi connectivity index (χ2v) is 3.89. The van der Waals surface area contributed by atoms with E-state index in [1.54, 1.807) is 7.11 Å². The Labute approximate surface area is 84.0 Å². The molecule has 1 rings (SSSR count). The van der Waals surface area contributed by atoms with Gasteiger partial charge in [-0.05, 0) is 5.92 Å². The topological polar surface area (TPSA) is 29.5 Å². The summed E-state index contributed by atoms with van der Waals surface area (Å²) in [5.74, 6) is 1.11. The van der Waals surface area contributed by atoms with Gasteiger partial charge in [-0.2, -0.15) is 0 Å². The maximum Gasteiger partial charge on any atom is 0.237 e. The van der Waals surface area contributed by atoms with Gasteiger partial charge in [0.2, 0.25) is 5.91 Å². The van der Waals surface area contributed by atoms with Crippen molar-refractivity contribution in [2.45, 2.75) is 6.92 Å². The number of likely N-dealkylation sites (tertiary alicyclic amines) is 1. The van der Waals surface area contributed by atoms with Crippen LogP contribution in [0.15, 0.2) is 0 Å². The molecule has 0 bridgehead atoms. The summed E-state index contributed by atoms with van der Waals surface area (Å²) in [6, 6.07) is 0. The summed E-state index contributed by atoms with van der Waals surface area (Å²) in [4.78, 5) is 13.1. The average Bonchev–Trinajstić information content (AvgIpc) is 2.47. The molecule has 2 atom stereocenters. The van der Waals surface area contributed by atoms with Crippen molar-refractivity contribution in [3.8, 4) is 0 Å². The number of hydrogen-bond acceptors (Lipinski definition) is 2. The highest BCUT2D eigenvalue weighted by Gasteiger charge is 2.31. The fourth-order valence-electron chi connectivity index (χ4n) is 1.75. The van der Waals surface area contributed by atoms with Crippen molar-refractivity contribution in [1.29, 1.82) is 0 Å². The van der Waals surface area contributed by atoms with Gasteiger partial charge < -0.3 is 9.64 Å². The zero-order chi connectivity index (χ0) is 9.84. The quantitative estimate of drug-likeness (QED) is 0.643. The fraction of sp³-hybridized carbons (Fsp3) is 0.889. The highest BCUT2D eigenvalue weighted by atomic mass is 35.5. The monoisotopic (exact) mass is 205 g/mol. The predicted octanol–water partition coefficient (Wildman–Crippen LogP) is 0.966. The molecule has 0 spiro atoms. The van der Waals surface area contributed by atoms with Gasteiger partial charge in [0.05, 0.1) is 6.61 Å². The molecular weight excluding hydrogens is 190 g/mol. The van der Waals surface area contributed by atoms with E-state index in [1.165, 1.54) is 0 Å². The summed E-state index contributed by atoms with van der Waals surface area (Å²) in [5.41, 5.74) is 0. The Morgan fingerprint density at radius 1 is 1.62 bits per heavy atom. The van der Waals surface area contributed by atoms with Crippen LogP contribution in [-0.4, -0.2) is 43.5 Å². The van der Waals surface area contributed by atoms with Crippen LogP contribution in [0.3, 0.4) is 0 Å². The highest BCUT2D eigenvalue weighted by molar-refractivity contribution is 6.27. The number of ether oxygens (including phenoxy) is 1. The molecular formula is C9H16ClNO2. The summed E-state index contributed by atoms with van der Waals surface area (Å²) < 4.78 is 5.09. The summed E-state index contributed by atoms with van der Waals surface area (Å²) >= 11 is 5.48.